The van der Waals surface area contributed by atoms with Crippen LogP contribution in [-0.2, 0) is 11.3 Å². The zero-order valence-electron chi connectivity index (χ0n) is 13.2. The van der Waals surface area contributed by atoms with Crippen molar-refractivity contribution >= 4 is 11.6 Å². The smallest absolute Gasteiger partial charge is 0.260 e. The number of rotatable bonds is 4. The first kappa shape index (κ1) is 14.8. The van der Waals surface area contributed by atoms with E-state index in [9.17, 15) is 4.79 Å². The highest BCUT2D eigenvalue weighted by Crippen LogP contribution is 2.34. The average Bonchev–Trinajstić information content (AvgIpc) is 3.43. The van der Waals surface area contributed by atoms with Gasteiger partial charge in [0.1, 0.15) is 0 Å². The largest absolute Gasteiger partial charge is 0.396 e. The second kappa shape index (κ2) is 6.05. The molecule has 1 unspecified atom stereocenters. The van der Waals surface area contributed by atoms with Crippen LogP contribution in [-0.4, -0.2) is 26.9 Å². The normalized spacial score (nSPS) is 20.4. The lowest BCUT2D eigenvalue weighted by Crippen LogP contribution is -2.50. The molecule has 1 amide bonds. The first-order valence-corrected chi connectivity index (χ1v) is 8.12. The highest BCUT2D eigenvalue weighted by Gasteiger charge is 2.33. The number of hydrogen-bond donors (Lipinski definition) is 2. The monoisotopic (exact) mass is 321 g/mol. The number of carbonyl (C=O) groups is 1. The minimum atomic E-state index is -0.0129. The SMILES string of the molecule is Nc1cnc(-c2cccc(CN3NC(C4CC4)C=CC3=O)c2)nc1. The Labute approximate surface area is 140 Å². The van der Waals surface area contributed by atoms with Crippen molar-refractivity contribution in [3.05, 3.63) is 54.4 Å². The minimum Gasteiger partial charge on any atom is -0.396 e. The Kier molecular flexibility index (Phi) is 3.74. The van der Waals surface area contributed by atoms with E-state index in [1.807, 2.05) is 30.3 Å². The van der Waals surface area contributed by atoms with Crippen molar-refractivity contribution in [2.75, 3.05) is 5.73 Å². The molecule has 4 rings (SSSR count). The molecule has 1 aromatic heterocycles. The number of amides is 1. The number of aromatic nitrogens is 2. The van der Waals surface area contributed by atoms with Crippen LogP contribution in [0.1, 0.15) is 18.4 Å². The molecule has 1 aliphatic heterocycles. The molecular formula is C18H19N5O. The minimum absolute atomic E-state index is 0.0129. The molecule has 1 aliphatic carbocycles. The first-order chi connectivity index (χ1) is 11.7. The molecule has 2 aliphatic rings. The fraction of sp³-hybridized carbons (Fsp3) is 0.278. The van der Waals surface area contributed by atoms with Crippen molar-refractivity contribution < 1.29 is 4.79 Å². The second-order valence-corrected chi connectivity index (χ2v) is 6.32. The topological polar surface area (TPSA) is 84.1 Å². The lowest BCUT2D eigenvalue weighted by atomic mass is 10.1. The molecular weight excluding hydrogens is 302 g/mol. The summed E-state index contributed by atoms with van der Waals surface area (Å²) in [6, 6.07) is 8.18. The van der Waals surface area contributed by atoms with Gasteiger partial charge in [0.05, 0.1) is 24.6 Å². The van der Waals surface area contributed by atoms with Crippen LogP contribution in [0.3, 0.4) is 0 Å². The molecule has 2 heterocycles. The van der Waals surface area contributed by atoms with E-state index in [-0.39, 0.29) is 11.9 Å². The molecule has 0 saturated heterocycles. The Morgan fingerprint density at radius 1 is 1.25 bits per heavy atom. The quantitative estimate of drug-likeness (QED) is 0.898. The summed E-state index contributed by atoms with van der Waals surface area (Å²) in [4.78, 5) is 20.6. The molecule has 6 nitrogen and oxygen atoms in total. The Hall–Kier alpha value is -2.73. The van der Waals surface area contributed by atoms with Crippen LogP contribution in [0, 0.1) is 5.92 Å². The lowest BCUT2D eigenvalue weighted by molar-refractivity contribution is -0.131. The molecule has 2 aromatic rings. The molecule has 1 aromatic carbocycles. The summed E-state index contributed by atoms with van der Waals surface area (Å²) in [7, 11) is 0. The fourth-order valence-corrected chi connectivity index (χ4v) is 2.88. The van der Waals surface area contributed by atoms with Crippen LogP contribution < -0.4 is 11.2 Å². The van der Waals surface area contributed by atoms with Gasteiger partial charge in [0, 0.05) is 17.7 Å². The Balaban J connectivity index is 1.52. The van der Waals surface area contributed by atoms with Gasteiger partial charge in [0.25, 0.3) is 5.91 Å². The standard InChI is InChI=1S/C18H19N5O/c19-15-9-20-18(21-10-15)14-3-1-2-12(8-14)11-23-17(24)7-6-16(22-23)13-4-5-13/h1-3,6-10,13,16,22H,4-5,11,19H2. The molecule has 6 heteroatoms. The summed E-state index contributed by atoms with van der Waals surface area (Å²) in [5.41, 5.74) is 11.4. The van der Waals surface area contributed by atoms with Crippen LogP contribution in [0.25, 0.3) is 11.4 Å². The van der Waals surface area contributed by atoms with Crippen molar-refractivity contribution in [3.63, 3.8) is 0 Å². The number of carbonyl (C=O) groups excluding carboxylic acids is 1. The van der Waals surface area contributed by atoms with Gasteiger partial charge in [-0.1, -0.05) is 24.3 Å². The maximum atomic E-state index is 12.1. The van der Waals surface area contributed by atoms with Gasteiger partial charge in [-0.2, -0.15) is 0 Å². The van der Waals surface area contributed by atoms with Gasteiger partial charge in [-0.25, -0.2) is 15.4 Å². The summed E-state index contributed by atoms with van der Waals surface area (Å²) in [6.07, 6.45) is 9.30. The van der Waals surface area contributed by atoms with Crippen molar-refractivity contribution in [2.24, 2.45) is 5.92 Å². The van der Waals surface area contributed by atoms with E-state index in [2.05, 4.69) is 15.4 Å². The van der Waals surface area contributed by atoms with Crippen LogP contribution >= 0.6 is 0 Å². The lowest BCUT2D eigenvalue weighted by Gasteiger charge is -2.30. The average molecular weight is 321 g/mol. The maximum absolute atomic E-state index is 12.1. The number of nitrogens with two attached hydrogens (primary N) is 1. The molecule has 1 atom stereocenters. The number of anilines is 1. The van der Waals surface area contributed by atoms with E-state index in [0.717, 1.165) is 11.1 Å². The van der Waals surface area contributed by atoms with E-state index in [1.54, 1.807) is 23.5 Å². The van der Waals surface area contributed by atoms with Crippen LogP contribution in [0.5, 0.6) is 0 Å². The predicted octanol–water partition coefficient (Wildman–Crippen LogP) is 1.91. The summed E-state index contributed by atoms with van der Waals surface area (Å²) >= 11 is 0. The van der Waals surface area contributed by atoms with Gasteiger partial charge in [-0.3, -0.25) is 9.80 Å². The maximum Gasteiger partial charge on any atom is 0.260 e. The van der Waals surface area contributed by atoms with Crippen molar-refractivity contribution in [1.82, 2.24) is 20.4 Å². The van der Waals surface area contributed by atoms with Crippen molar-refractivity contribution in [2.45, 2.75) is 25.4 Å². The Morgan fingerprint density at radius 2 is 2.04 bits per heavy atom. The molecule has 1 saturated carbocycles. The second-order valence-electron chi connectivity index (χ2n) is 6.32. The van der Waals surface area contributed by atoms with Crippen molar-refractivity contribution in [1.29, 1.82) is 0 Å². The van der Waals surface area contributed by atoms with Gasteiger partial charge in [-0.15, -0.1) is 0 Å². The number of nitrogens with zero attached hydrogens (tertiary/aromatic N) is 3. The van der Waals surface area contributed by atoms with Crippen LogP contribution in [0.4, 0.5) is 5.69 Å². The van der Waals surface area contributed by atoms with Crippen LogP contribution in [0.2, 0.25) is 0 Å². The zero-order chi connectivity index (χ0) is 16.5. The zero-order valence-corrected chi connectivity index (χ0v) is 13.2. The van der Waals surface area contributed by atoms with Gasteiger partial charge < -0.3 is 5.73 Å². The summed E-state index contributed by atoms with van der Waals surface area (Å²) in [5.74, 6) is 1.27. The molecule has 3 N–H and O–H groups in total. The van der Waals surface area contributed by atoms with E-state index in [1.165, 1.54) is 12.8 Å². The van der Waals surface area contributed by atoms with Crippen LogP contribution in [0.15, 0.2) is 48.8 Å². The third-order valence-electron chi connectivity index (χ3n) is 4.34. The fourth-order valence-electron chi connectivity index (χ4n) is 2.88. The number of hydrogen-bond acceptors (Lipinski definition) is 5. The van der Waals surface area contributed by atoms with E-state index in [4.69, 9.17) is 5.73 Å². The van der Waals surface area contributed by atoms with Gasteiger partial charge in [0.2, 0.25) is 0 Å². The molecule has 122 valence electrons. The molecule has 1 fully saturated rings. The third-order valence-corrected chi connectivity index (χ3v) is 4.34. The van der Waals surface area contributed by atoms with Gasteiger partial charge in [0.15, 0.2) is 5.82 Å². The summed E-state index contributed by atoms with van der Waals surface area (Å²) < 4.78 is 0. The van der Waals surface area contributed by atoms with Gasteiger partial charge >= 0.3 is 0 Å². The molecule has 24 heavy (non-hydrogen) atoms. The summed E-state index contributed by atoms with van der Waals surface area (Å²) in [6.45, 7) is 0.509. The molecule has 0 spiro atoms. The van der Waals surface area contributed by atoms with E-state index >= 15 is 0 Å². The number of benzene rings is 1. The highest BCUT2D eigenvalue weighted by atomic mass is 16.2. The van der Waals surface area contributed by atoms with Gasteiger partial charge in [-0.05, 0) is 30.4 Å². The van der Waals surface area contributed by atoms with E-state index in [0.29, 0.717) is 24.0 Å². The number of hydrazine groups is 1. The predicted molar refractivity (Wildman–Crippen MR) is 91.2 cm³/mol. The Morgan fingerprint density at radius 3 is 2.79 bits per heavy atom. The Bertz CT molecular complexity index is 782. The van der Waals surface area contributed by atoms with Crippen molar-refractivity contribution in [3.8, 4) is 11.4 Å². The summed E-state index contributed by atoms with van der Waals surface area (Å²) in [5, 5.41) is 1.69. The third kappa shape index (κ3) is 3.14. The number of nitrogens with one attached hydrogen (secondary N) is 1. The molecule has 0 radical (unpaired) electrons. The molecule has 0 bridgehead atoms. The first-order valence-electron chi connectivity index (χ1n) is 8.12. The number of nitrogen functional groups attached to an aromatic ring is 1. The highest BCUT2D eigenvalue weighted by molar-refractivity contribution is 5.88. The van der Waals surface area contributed by atoms with E-state index < -0.39 is 0 Å².